The molecule has 28 heavy (non-hydrogen) atoms. The molecule has 0 unspecified atom stereocenters. The lowest BCUT2D eigenvalue weighted by molar-refractivity contribution is -0.897. The van der Waals surface area contributed by atoms with Crippen molar-refractivity contribution in [2.75, 3.05) is 30.3 Å². The quantitative estimate of drug-likeness (QED) is 0.635. The fourth-order valence-electron chi connectivity index (χ4n) is 3.32. The summed E-state index contributed by atoms with van der Waals surface area (Å²) in [4.78, 5) is 25.4. The third-order valence-electron chi connectivity index (χ3n) is 4.90. The van der Waals surface area contributed by atoms with Gasteiger partial charge in [-0.05, 0) is 31.2 Å². The Labute approximate surface area is 164 Å². The summed E-state index contributed by atoms with van der Waals surface area (Å²) in [5.41, 5.74) is 2.10. The summed E-state index contributed by atoms with van der Waals surface area (Å²) in [6.07, 6.45) is 1.59. The molecule has 6 nitrogen and oxygen atoms in total. The van der Waals surface area contributed by atoms with Gasteiger partial charge in [-0.1, -0.05) is 29.8 Å². The second-order valence-electron chi connectivity index (χ2n) is 7.19. The van der Waals surface area contributed by atoms with Crippen molar-refractivity contribution in [3.05, 3.63) is 59.9 Å². The molecule has 4 N–H and O–H groups in total. The number of benzene rings is 2. The number of rotatable bonds is 5. The van der Waals surface area contributed by atoms with Gasteiger partial charge in [-0.25, -0.2) is 9.18 Å². The lowest BCUT2D eigenvalue weighted by Crippen LogP contribution is -3.14. The number of carbonyl (C=O) groups excluding carboxylic acids is 2. The normalized spacial score (nSPS) is 18.9. The van der Waals surface area contributed by atoms with E-state index in [0.29, 0.717) is 0 Å². The molecule has 0 aromatic heterocycles. The number of amides is 3. The minimum absolute atomic E-state index is 0.0869. The van der Waals surface area contributed by atoms with Crippen LogP contribution in [0.5, 0.6) is 0 Å². The summed E-state index contributed by atoms with van der Waals surface area (Å²) >= 11 is 0. The highest BCUT2D eigenvalue weighted by Crippen LogP contribution is 2.12. The monoisotopic (exact) mass is 385 g/mol. The first-order valence-electron chi connectivity index (χ1n) is 9.52. The van der Waals surface area contributed by atoms with E-state index in [1.807, 2.05) is 31.2 Å². The average molecular weight is 385 g/mol. The molecule has 1 fully saturated rings. The van der Waals surface area contributed by atoms with E-state index in [-0.39, 0.29) is 30.2 Å². The van der Waals surface area contributed by atoms with Crippen LogP contribution >= 0.6 is 0 Å². The number of urea groups is 1. The van der Waals surface area contributed by atoms with Crippen molar-refractivity contribution in [3.8, 4) is 0 Å². The molecule has 0 saturated carbocycles. The van der Waals surface area contributed by atoms with Crippen molar-refractivity contribution < 1.29 is 18.9 Å². The Morgan fingerprint density at radius 1 is 1.04 bits per heavy atom. The van der Waals surface area contributed by atoms with Crippen LogP contribution in [0.4, 0.5) is 20.6 Å². The summed E-state index contributed by atoms with van der Waals surface area (Å²) in [6, 6.07) is 13.7. The zero-order chi connectivity index (χ0) is 19.9. The summed E-state index contributed by atoms with van der Waals surface area (Å²) in [7, 11) is 0. The third kappa shape index (κ3) is 5.79. The molecule has 3 amide bonds. The molecule has 0 atom stereocenters. The van der Waals surface area contributed by atoms with Crippen LogP contribution in [0.15, 0.2) is 48.5 Å². The summed E-state index contributed by atoms with van der Waals surface area (Å²) in [5.74, 6) is -0.642. The molecule has 0 bridgehead atoms. The summed E-state index contributed by atoms with van der Waals surface area (Å²) < 4.78 is 13.6. The van der Waals surface area contributed by atoms with E-state index in [1.54, 1.807) is 18.2 Å². The average Bonchev–Trinajstić information content (AvgIpc) is 2.67. The van der Waals surface area contributed by atoms with Crippen LogP contribution in [-0.4, -0.2) is 37.6 Å². The SMILES string of the molecule is Cc1ccc(NC(=O)NC2CC[NH+](CC(=O)Nc3ccccc3F)CC2)cc1. The number of nitrogens with one attached hydrogen (secondary N) is 4. The first kappa shape index (κ1) is 19.8. The molecule has 2 aromatic rings. The van der Waals surface area contributed by atoms with Crippen LogP contribution in [0.3, 0.4) is 0 Å². The van der Waals surface area contributed by atoms with Crippen molar-refractivity contribution in [1.82, 2.24) is 5.32 Å². The van der Waals surface area contributed by atoms with Gasteiger partial charge in [-0.15, -0.1) is 0 Å². The Morgan fingerprint density at radius 2 is 1.71 bits per heavy atom. The van der Waals surface area contributed by atoms with Crippen LogP contribution in [0.2, 0.25) is 0 Å². The van der Waals surface area contributed by atoms with E-state index in [4.69, 9.17) is 0 Å². The predicted molar refractivity (Wildman–Crippen MR) is 107 cm³/mol. The van der Waals surface area contributed by atoms with Gasteiger partial charge >= 0.3 is 6.03 Å². The molecule has 1 aliphatic heterocycles. The number of hydrogen-bond acceptors (Lipinski definition) is 2. The molecular formula is C21H26FN4O2+. The standard InChI is InChI=1S/C21H25FN4O2/c1-15-6-8-16(9-7-15)23-21(28)24-17-10-12-26(13-11-17)14-20(27)25-19-5-3-2-4-18(19)22/h2-9,17H,10-14H2,1H3,(H,25,27)(H2,23,24,28)/p+1. The maximum absolute atomic E-state index is 13.6. The van der Waals surface area contributed by atoms with Gasteiger partial charge in [0.15, 0.2) is 6.54 Å². The zero-order valence-electron chi connectivity index (χ0n) is 15.9. The lowest BCUT2D eigenvalue weighted by atomic mass is 10.1. The highest BCUT2D eigenvalue weighted by molar-refractivity contribution is 5.91. The molecule has 1 saturated heterocycles. The summed E-state index contributed by atoms with van der Waals surface area (Å²) in [5, 5.41) is 8.44. The number of carbonyl (C=O) groups is 2. The van der Waals surface area contributed by atoms with Crippen molar-refractivity contribution in [3.63, 3.8) is 0 Å². The molecule has 0 aliphatic carbocycles. The largest absolute Gasteiger partial charge is 0.335 e. The molecule has 0 spiro atoms. The fourth-order valence-corrected chi connectivity index (χ4v) is 3.32. The van der Waals surface area contributed by atoms with Gasteiger partial charge in [-0.3, -0.25) is 4.79 Å². The second-order valence-corrected chi connectivity index (χ2v) is 7.19. The molecule has 3 rings (SSSR count). The van der Waals surface area contributed by atoms with Gasteiger partial charge < -0.3 is 20.9 Å². The van der Waals surface area contributed by atoms with Gasteiger partial charge in [-0.2, -0.15) is 0 Å². The van der Waals surface area contributed by atoms with Crippen LogP contribution in [-0.2, 0) is 4.79 Å². The highest BCUT2D eigenvalue weighted by atomic mass is 19.1. The lowest BCUT2D eigenvalue weighted by Gasteiger charge is -2.29. The molecule has 0 radical (unpaired) electrons. The molecule has 2 aromatic carbocycles. The van der Waals surface area contributed by atoms with Gasteiger partial charge in [0.25, 0.3) is 5.91 Å². The Kier molecular flexibility index (Phi) is 6.60. The van der Waals surface area contributed by atoms with E-state index < -0.39 is 5.82 Å². The Morgan fingerprint density at radius 3 is 2.39 bits per heavy atom. The maximum atomic E-state index is 13.6. The molecule has 7 heteroatoms. The number of halogens is 1. The van der Waals surface area contributed by atoms with Crippen LogP contribution in [0.1, 0.15) is 18.4 Å². The van der Waals surface area contributed by atoms with Gasteiger partial charge in [0.1, 0.15) is 5.82 Å². The number of para-hydroxylation sites is 1. The number of anilines is 2. The topological polar surface area (TPSA) is 74.7 Å². The number of quaternary nitrogens is 1. The third-order valence-corrected chi connectivity index (χ3v) is 4.90. The Bertz CT molecular complexity index is 817. The molecular weight excluding hydrogens is 359 g/mol. The number of likely N-dealkylation sites (tertiary alicyclic amines) is 1. The van der Waals surface area contributed by atoms with E-state index in [0.717, 1.165) is 42.1 Å². The van der Waals surface area contributed by atoms with E-state index >= 15 is 0 Å². The predicted octanol–water partition coefficient (Wildman–Crippen LogP) is 1.94. The van der Waals surface area contributed by atoms with Gasteiger partial charge in [0.05, 0.1) is 18.8 Å². The molecule has 1 heterocycles. The zero-order valence-corrected chi connectivity index (χ0v) is 15.9. The second kappa shape index (κ2) is 9.32. The van der Waals surface area contributed by atoms with Crippen molar-refractivity contribution in [2.24, 2.45) is 0 Å². The summed E-state index contributed by atoms with van der Waals surface area (Å²) in [6.45, 7) is 3.84. The Balaban J connectivity index is 1.39. The van der Waals surface area contributed by atoms with Crippen molar-refractivity contribution >= 4 is 23.3 Å². The maximum Gasteiger partial charge on any atom is 0.319 e. The Hall–Kier alpha value is -2.93. The minimum Gasteiger partial charge on any atom is -0.335 e. The van der Waals surface area contributed by atoms with E-state index in [2.05, 4.69) is 16.0 Å². The molecule has 1 aliphatic rings. The fraction of sp³-hybridized carbons (Fsp3) is 0.333. The van der Waals surface area contributed by atoms with Gasteiger partial charge in [0.2, 0.25) is 0 Å². The minimum atomic E-state index is -0.437. The van der Waals surface area contributed by atoms with Crippen molar-refractivity contribution in [2.45, 2.75) is 25.8 Å². The van der Waals surface area contributed by atoms with E-state index in [9.17, 15) is 14.0 Å². The van der Waals surface area contributed by atoms with Crippen molar-refractivity contribution in [1.29, 1.82) is 0 Å². The first-order chi connectivity index (χ1) is 13.5. The van der Waals surface area contributed by atoms with Crippen LogP contribution < -0.4 is 20.9 Å². The molecule has 148 valence electrons. The van der Waals surface area contributed by atoms with E-state index in [1.165, 1.54) is 6.07 Å². The number of hydrogen-bond donors (Lipinski definition) is 4. The van der Waals surface area contributed by atoms with Crippen LogP contribution in [0.25, 0.3) is 0 Å². The number of piperidine rings is 1. The first-order valence-corrected chi connectivity index (χ1v) is 9.52. The highest BCUT2D eigenvalue weighted by Gasteiger charge is 2.25. The van der Waals surface area contributed by atoms with Gasteiger partial charge in [0, 0.05) is 24.6 Å². The number of aryl methyl sites for hydroxylation is 1. The van der Waals surface area contributed by atoms with Crippen LogP contribution in [0, 0.1) is 12.7 Å². The smallest absolute Gasteiger partial charge is 0.319 e.